The van der Waals surface area contributed by atoms with Crippen LogP contribution in [-0.2, 0) is 19.5 Å². The lowest BCUT2D eigenvalue weighted by atomic mass is 10.2. The second-order valence-electron chi connectivity index (χ2n) is 3.13. The van der Waals surface area contributed by atoms with E-state index in [9.17, 15) is 4.57 Å². The zero-order valence-corrected chi connectivity index (χ0v) is 11.1. The molecule has 0 saturated carbocycles. The predicted octanol–water partition coefficient (Wildman–Crippen LogP) is 3.32. The van der Waals surface area contributed by atoms with Gasteiger partial charge in [0.15, 0.2) is 0 Å². The Morgan fingerprint density at radius 3 is 2.00 bits per heavy atom. The summed E-state index contributed by atoms with van der Waals surface area (Å²) in [6, 6.07) is 7.13. The van der Waals surface area contributed by atoms with E-state index in [1.165, 1.54) is 0 Å². The van der Waals surface area contributed by atoms with Crippen LogP contribution in [0.3, 0.4) is 0 Å². The van der Waals surface area contributed by atoms with E-state index < -0.39 is 7.60 Å². The van der Waals surface area contributed by atoms with Gasteiger partial charge in [-0.15, -0.1) is 11.6 Å². The number of rotatable bonds is 6. The van der Waals surface area contributed by atoms with Crippen molar-refractivity contribution >= 4 is 24.5 Å². The molecule has 0 unspecified atom stereocenters. The van der Waals surface area contributed by atoms with Gasteiger partial charge in [-0.2, -0.15) is 0 Å². The highest BCUT2D eigenvalue weighted by Crippen LogP contribution is 2.46. The van der Waals surface area contributed by atoms with Gasteiger partial charge in [0.1, 0.15) is 0 Å². The fourth-order valence-electron chi connectivity index (χ4n) is 1.29. The molecular weight excluding hydrogens is 247 g/mol. The molecule has 3 nitrogen and oxygen atoms in total. The first-order valence-corrected chi connectivity index (χ1v) is 7.28. The Bertz CT molecular complexity index is 354. The number of alkyl halides is 1. The van der Waals surface area contributed by atoms with Gasteiger partial charge in [0.25, 0.3) is 0 Å². The van der Waals surface area contributed by atoms with Crippen molar-refractivity contribution in [2.75, 3.05) is 13.2 Å². The summed E-state index contributed by atoms with van der Waals surface area (Å²) in [4.78, 5) is 0. The van der Waals surface area contributed by atoms with Crippen molar-refractivity contribution in [3.05, 3.63) is 29.8 Å². The van der Waals surface area contributed by atoms with Crippen LogP contribution in [0.4, 0.5) is 0 Å². The summed E-state index contributed by atoms with van der Waals surface area (Å²) < 4.78 is 22.8. The number of benzene rings is 1. The molecule has 0 N–H and O–H groups in total. The molecule has 5 heteroatoms. The molecule has 0 aliphatic rings. The summed E-state index contributed by atoms with van der Waals surface area (Å²) in [5, 5.41) is 0.574. The molecule has 0 amide bonds. The Balaban J connectivity index is 2.96. The molecule has 0 fully saturated rings. The predicted molar refractivity (Wildman–Crippen MR) is 66.5 cm³/mol. The first-order chi connectivity index (χ1) is 7.66. The van der Waals surface area contributed by atoms with Crippen LogP contribution in [0.5, 0.6) is 0 Å². The summed E-state index contributed by atoms with van der Waals surface area (Å²) in [6.07, 6.45) is 0. The van der Waals surface area contributed by atoms with E-state index in [0.29, 0.717) is 24.4 Å². The fourth-order valence-corrected chi connectivity index (χ4v) is 3.04. The molecule has 1 rings (SSSR count). The van der Waals surface area contributed by atoms with Crippen molar-refractivity contribution in [3.63, 3.8) is 0 Å². The minimum atomic E-state index is -3.15. The molecule has 1 aromatic carbocycles. The Morgan fingerprint density at radius 2 is 1.62 bits per heavy atom. The summed E-state index contributed by atoms with van der Waals surface area (Å²) in [6.45, 7) is 4.29. The van der Waals surface area contributed by atoms with Gasteiger partial charge in [0.2, 0.25) is 0 Å². The van der Waals surface area contributed by atoms with Gasteiger partial charge in [0.05, 0.1) is 18.5 Å². The van der Waals surface area contributed by atoms with Crippen LogP contribution >= 0.6 is 19.2 Å². The first-order valence-electron chi connectivity index (χ1n) is 5.21. The van der Waals surface area contributed by atoms with Crippen molar-refractivity contribution < 1.29 is 13.6 Å². The first kappa shape index (κ1) is 13.7. The third kappa shape index (κ3) is 3.33. The lowest BCUT2D eigenvalue weighted by molar-refractivity contribution is 0.230. The van der Waals surface area contributed by atoms with Gasteiger partial charge >= 0.3 is 7.60 Å². The van der Waals surface area contributed by atoms with E-state index >= 15 is 0 Å². The smallest absolute Gasteiger partial charge is 0.305 e. The van der Waals surface area contributed by atoms with Gasteiger partial charge < -0.3 is 9.05 Å². The highest BCUT2D eigenvalue weighted by atomic mass is 35.5. The van der Waals surface area contributed by atoms with Gasteiger partial charge in [-0.1, -0.05) is 12.1 Å². The van der Waals surface area contributed by atoms with Crippen LogP contribution in [0.15, 0.2) is 24.3 Å². The molecule has 1 aromatic rings. The standard InChI is InChI=1S/C11H16ClO3P/c1-3-14-16(13,15-4-2)11-7-5-10(9-12)6-8-11/h5-8H,3-4,9H2,1-2H3. The van der Waals surface area contributed by atoms with Crippen LogP contribution < -0.4 is 5.30 Å². The zero-order chi connectivity index (χ0) is 12.0. The van der Waals surface area contributed by atoms with Crippen molar-refractivity contribution in [2.24, 2.45) is 0 Å². The van der Waals surface area contributed by atoms with Gasteiger partial charge in [-0.3, -0.25) is 4.57 Å². The fraction of sp³-hybridized carbons (Fsp3) is 0.455. The quantitative estimate of drug-likeness (QED) is 0.583. The maximum absolute atomic E-state index is 12.3. The Hall–Kier alpha value is -0.340. The number of hydrogen-bond acceptors (Lipinski definition) is 3. The highest BCUT2D eigenvalue weighted by Gasteiger charge is 2.26. The van der Waals surface area contributed by atoms with Gasteiger partial charge in [0, 0.05) is 5.88 Å². The maximum Gasteiger partial charge on any atom is 0.361 e. The second kappa shape index (κ2) is 6.41. The van der Waals surface area contributed by atoms with Gasteiger partial charge in [-0.05, 0) is 31.5 Å². The van der Waals surface area contributed by atoms with Crippen molar-refractivity contribution in [1.82, 2.24) is 0 Å². The van der Waals surface area contributed by atoms with Crippen LogP contribution in [0.1, 0.15) is 19.4 Å². The summed E-state index contributed by atoms with van der Waals surface area (Å²) in [7, 11) is -3.15. The molecule has 0 bridgehead atoms. The van der Waals surface area contributed by atoms with Crippen molar-refractivity contribution in [1.29, 1.82) is 0 Å². The SMILES string of the molecule is CCOP(=O)(OCC)c1ccc(CCl)cc1. The highest BCUT2D eigenvalue weighted by molar-refractivity contribution is 7.62. The van der Waals surface area contributed by atoms with E-state index in [1.54, 1.807) is 26.0 Å². The van der Waals surface area contributed by atoms with Crippen LogP contribution in [0, 0.1) is 0 Å². The largest absolute Gasteiger partial charge is 0.361 e. The molecule has 0 spiro atoms. The van der Waals surface area contributed by atoms with E-state index in [4.69, 9.17) is 20.6 Å². The van der Waals surface area contributed by atoms with E-state index in [2.05, 4.69) is 0 Å². The minimum absolute atomic E-state index is 0.356. The second-order valence-corrected chi connectivity index (χ2v) is 5.43. The molecule has 0 radical (unpaired) electrons. The molecule has 90 valence electrons. The van der Waals surface area contributed by atoms with Crippen molar-refractivity contribution in [3.8, 4) is 0 Å². The van der Waals surface area contributed by atoms with E-state index in [-0.39, 0.29) is 0 Å². The van der Waals surface area contributed by atoms with Crippen LogP contribution in [0.25, 0.3) is 0 Å². The summed E-state index contributed by atoms with van der Waals surface area (Å²) in [5.74, 6) is 0.438. The lowest BCUT2D eigenvalue weighted by Crippen LogP contribution is -2.10. The Kier molecular flexibility index (Phi) is 5.50. The third-order valence-corrected chi connectivity index (χ3v) is 4.44. The third-order valence-electron chi connectivity index (χ3n) is 2.00. The molecule has 16 heavy (non-hydrogen) atoms. The maximum atomic E-state index is 12.3. The average Bonchev–Trinajstić information content (AvgIpc) is 2.30. The van der Waals surface area contributed by atoms with E-state index in [1.807, 2.05) is 12.1 Å². The van der Waals surface area contributed by atoms with Crippen molar-refractivity contribution in [2.45, 2.75) is 19.7 Å². The normalized spacial score (nSPS) is 11.7. The average molecular weight is 263 g/mol. The molecule has 0 aliphatic heterocycles. The molecule has 0 heterocycles. The number of hydrogen-bond donors (Lipinski definition) is 0. The minimum Gasteiger partial charge on any atom is -0.305 e. The zero-order valence-electron chi connectivity index (χ0n) is 9.48. The topological polar surface area (TPSA) is 35.5 Å². The molecule has 0 aliphatic carbocycles. The molecule has 0 atom stereocenters. The monoisotopic (exact) mass is 262 g/mol. The van der Waals surface area contributed by atoms with Crippen LogP contribution in [0.2, 0.25) is 0 Å². The van der Waals surface area contributed by atoms with E-state index in [0.717, 1.165) is 5.56 Å². The number of halogens is 1. The molecule has 0 saturated heterocycles. The molecule has 0 aromatic heterocycles. The summed E-state index contributed by atoms with van der Waals surface area (Å²) >= 11 is 5.68. The van der Waals surface area contributed by atoms with Crippen LogP contribution in [-0.4, -0.2) is 13.2 Å². The summed E-state index contributed by atoms with van der Waals surface area (Å²) in [5.41, 5.74) is 0.977. The molecular formula is C11H16ClO3P. The van der Waals surface area contributed by atoms with Gasteiger partial charge in [-0.25, -0.2) is 0 Å². The Morgan fingerprint density at radius 1 is 1.12 bits per heavy atom. The lowest BCUT2D eigenvalue weighted by Gasteiger charge is -2.17. The Labute approximate surface area is 101 Å².